The summed E-state index contributed by atoms with van der Waals surface area (Å²) >= 11 is 6.12. The number of aromatic nitrogens is 2. The molecule has 2 heterocycles. The molecule has 158 valence electrons. The SMILES string of the molecule is CCC(C(=O)O)n1cc(OC)c(-c2cc(Cl)ccc2-c2cnc(C(F)F)o2)cc1=O. The van der Waals surface area contributed by atoms with Crippen LogP contribution in [0.15, 0.2) is 45.9 Å². The van der Waals surface area contributed by atoms with Gasteiger partial charge < -0.3 is 14.3 Å². The van der Waals surface area contributed by atoms with Gasteiger partial charge in [-0.25, -0.2) is 9.78 Å². The molecule has 0 saturated carbocycles. The molecule has 3 rings (SSSR count). The van der Waals surface area contributed by atoms with Crippen molar-refractivity contribution in [3.8, 4) is 28.2 Å². The maximum absolute atomic E-state index is 12.9. The van der Waals surface area contributed by atoms with Gasteiger partial charge in [0.1, 0.15) is 11.8 Å². The third-order valence-electron chi connectivity index (χ3n) is 4.52. The fourth-order valence-electron chi connectivity index (χ4n) is 3.10. The molecule has 0 amide bonds. The maximum atomic E-state index is 12.9. The number of alkyl halides is 2. The molecule has 0 aliphatic rings. The lowest BCUT2D eigenvalue weighted by Crippen LogP contribution is -2.29. The van der Waals surface area contributed by atoms with Crippen LogP contribution in [-0.4, -0.2) is 27.7 Å². The molecule has 0 fully saturated rings. The lowest BCUT2D eigenvalue weighted by Gasteiger charge is -2.18. The van der Waals surface area contributed by atoms with E-state index >= 15 is 0 Å². The standard InChI is InChI=1S/C20H17ClF2N2O5/c1-3-14(20(27)28)25-9-16(29-2)13(7-17(25)26)12-6-10(21)4-5-11(12)15-8-24-19(30-15)18(22)23/h4-9,14,18H,3H2,1-2H3,(H,27,28). The van der Waals surface area contributed by atoms with Crippen molar-refractivity contribution in [3.63, 3.8) is 0 Å². The largest absolute Gasteiger partial charge is 0.495 e. The predicted octanol–water partition coefficient (Wildman–Crippen LogP) is 4.81. The zero-order valence-electron chi connectivity index (χ0n) is 15.9. The topological polar surface area (TPSA) is 94.6 Å². The Bertz CT molecular complexity index is 1140. The number of pyridine rings is 1. The van der Waals surface area contributed by atoms with Gasteiger partial charge in [0.15, 0.2) is 5.76 Å². The van der Waals surface area contributed by atoms with Crippen molar-refractivity contribution >= 4 is 17.6 Å². The van der Waals surface area contributed by atoms with E-state index < -0.39 is 29.9 Å². The van der Waals surface area contributed by atoms with E-state index in [9.17, 15) is 23.5 Å². The van der Waals surface area contributed by atoms with Crippen LogP contribution in [0.1, 0.15) is 31.7 Å². The average molecular weight is 439 g/mol. The second kappa shape index (κ2) is 8.66. The maximum Gasteiger partial charge on any atom is 0.326 e. The number of carboxylic acids is 1. The lowest BCUT2D eigenvalue weighted by atomic mass is 9.98. The van der Waals surface area contributed by atoms with Gasteiger partial charge in [-0.15, -0.1) is 0 Å². The highest BCUT2D eigenvalue weighted by Gasteiger charge is 2.23. The molecule has 1 N–H and O–H groups in total. The van der Waals surface area contributed by atoms with E-state index in [2.05, 4.69) is 4.98 Å². The van der Waals surface area contributed by atoms with Gasteiger partial charge in [-0.3, -0.25) is 9.36 Å². The van der Waals surface area contributed by atoms with Crippen molar-refractivity contribution in [2.45, 2.75) is 25.8 Å². The van der Waals surface area contributed by atoms with Crippen LogP contribution in [0.3, 0.4) is 0 Å². The quantitative estimate of drug-likeness (QED) is 0.569. The molecule has 30 heavy (non-hydrogen) atoms. The third kappa shape index (κ3) is 4.06. The molecule has 7 nitrogen and oxygen atoms in total. The van der Waals surface area contributed by atoms with Gasteiger partial charge in [0.05, 0.1) is 19.5 Å². The summed E-state index contributed by atoms with van der Waals surface area (Å²) in [5.41, 5.74) is 0.465. The van der Waals surface area contributed by atoms with Gasteiger partial charge >= 0.3 is 12.4 Å². The highest BCUT2D eigenvalue weighted by molar-refractivity contribution is 6.31. The molecule has 1 aromatic carbocycles. The molecular formula is C20H17ClF2N2O5. The number of oxazole rings is 1. The minimum atomic E-state index is -2.88. The van der Waals surface area contributed by atoms with E-state index in [1.165, 1.54) is 31.5 Å². The number of rotatable bonds is 7. The van der Waals surface area contributed by atoms with Crippen molar-refractivity contribution in [2.75, 3.05) is 7.11 Å². The van der Waals surface area contributed by atoms with Crippen molar-refractivity contribution in [2.24, 2.45) is 0 Å². The molecular weight excluding hydrogens is 422 g/mol. The van der Waals surface area contributed by atoms with E-state index in [1.807, 2.05) is 0 Å². The summed E-state index contributed by atoms with van der Waals surface area (Å²) in [6.07, 6.45) is -0.237. The Hall–Kier alpha value is -3.20. The Balaban J connectivity index is 2.22. The Morgan fingerprint density at radius 1 is 1.30 bits per heavy atom. The highest BCUT2D eigenvalue weighted by atomic mass is 35.5. The van der Waals surface area contributed by atoms with Gasteiger partial charge in [-0.2, -0.15) is 8.78 Å². The van der Waals surface area contributed by atoms with E-state index in [0.29, 0.717) is 21.7 Å². The number of hydrogen-bond donors (Lipinski definition) is 1. The molecule has 2 aromatic heterocycles. The number of carbonyl (C=O) groups is 1. The predicted molar refractivity (Wildman–Crippen MR) is 105 cm³/mol. The number of nitrogens with zero attached hydrogens (tertiary/aromatic N) is 2. The van der Waals surface area contributed by atoms with E-state index in [0.717, 1.165) is 10.8 Å². The molecule has 0 aliphatic heterocycles. The molecule has 0 bridgehead atoms. The first-order chi connectivity index (χ1) is 14.3. The summed E-state index contributed by atoms with van der Waals surface area (Å²) in [5, 5.41) is 9.70. The smallest absolute Gasteiger partial charge is 0.326 e. The van der Waals surface area contributed by atoms with Crippen molar-refractivity contribution in [1.29, 1.82) is 0 Å². The number of hydrogen-bond acceptors (Lipinski definition) is 5. The van der Waals surface area contributed by atoms with Crippen molar-refractivity contribution in [1.82, 2.24) is 9.55 Å². The Morgan fingerprint density at radius 2 is 2.03 bits per heavy atom. The molecule has 1 atom stereocenters. The molecule has 0 radical (unpaired) electrons. The summed E-state index contributed by atoms with van der Waals surface area (Å²) in [4.78, 5) is 27.7. The van der Waals surface area contributed by atoms with E-state index in [-0.39, 0.29) is 17.9 Å². The van der Waals surface area contributed by atoms with Crippen LogP contribution in [0.2, 0.25) is 5.02 Å². The number of ether oxygens (including phenoxy) is 1. The van der Waals surface area contributed by atoms with Crippen molar-refractivity contribution in [3.05, 3.63) is 57.9 Å². The number of halogens is 3. The average Bonchev–Trinajstić information content (AvgIpc) is 3.19. The zero-order valence-corrected chi connectivity index (χ0v) is 16.7. The second-order valence-corrected chi connectivity index (χ2v) is 6.75. The van der Waals surface area contributed by atoms with E-state index in [4.69, 9.17) is 20.8 Å². The fraction of sp³-hybridized carbons (Fsp3) is 0.250. The number of carboxylic acid groups (broad SMARTS) is 1. The Morgan fingerprint density at radius 3 is 2.60 bits per heavy atom. The number of benzene rings is 1. The minimum Gasteiger partial charge on any atom is -0.495 e. The number of aliphatic carboxylic acids is 1. The molecule has 0 saturated heterocycles. The van der Waals surface area contributed by atoms with Gasteiger partial charge in [0.2, 0.25) is 0 Å². The summed E-state index contributed by atoms with van der Waals surface area (Å²) < 4.78 is 37.4. The first-order valence-electron chi connectivity index (χ1n) is 8.84. The van der Waals surface area contributed by atoms with Gasteiger partial charge in [-0.1, -0.05) is 18.5 Å². The number of methoxy groups -OCH3 is 1. The summed E-state index contributed by atoms with van der Waals surface area (Å²) in [5.74, 6) is -1.63. The second-order valence-electron chi connectivity index (χ2n) is 6.32. The van der Waals surface area contributed by atoms with Crippen LogP contribution in [0.25, 0.3) is 22.5 Å². The highest BCUT2D eigenvalue weighted by Crippen LogP contribution is 2.39. The molecule has 0 aliphatic carbocycles. The van der Waals surface area contributed by atoms with Crippen molar-refractivity contribution < 1.29 is 27.8 Å². The summed E-state index contributed by atoms with van der Waals surface area (Å²) in [7, 11) is 1.36. The fourth-order valence-corrected chi connectivity index (χ4v) is 3.27. The van der Waals surface area contributed by atoms with E-state index in [1.54, 1.807) is 13.0 Å². The molecule has 1 unspecified atom stereocenters. The van der Waals surface area contributed by atoms with Gasteiger partial charge in [0.25, 0.3) is 11.4 Å². The Labute approximate surface area is 174 Å². The van der Waals surface area contributed by atoms with Gasteiger partial charge in [0, 0.05) is 22.2 Å². The molecule has 0 spiro atoms. The van der Waals surface area contributed by atoms with Crippen LogP contribution in [0.5, 0.6) is 5.75 Å². The van der Waals surface area contributed by atoms with Crippen LogP contribution in [0, 0.1) is 0 Å². The first-order valence-corrected chi connectivity index (χ1v) is 9.21. The van der Waals surface area contributed by atoms with Crippen LogP contribution in [0.4, 0.5) is 8.78 Å². The molecule has 10 heteroatoms. The monoisotopic (exact) mass is 438 g/mol. The minimum absolute atomic E-state index is 0.0557. The lowest BCUT2D eigenvalue weighted by molar-refractivity contribution is -0.141. The zero-order chi connectivity index (χ0) is 22.0. The Kier molecular flexibility index (Phi) is 6.21. The summed E-state index contributed by atoms with van der Waals surface area (Å²) in [6.45, 7) is 1.64. The van der Waals surface area contributed by atoms with Crippen LogP contribution >= 0.6 is 11.6 Å². The summed E-state index contributed by atoms with van der Waals surface area (Å²) in [6, 6.07) is 4.75. The van der Waals surface area contributed by atoms with Gasteiger partial charge in [-0.05, 0) is 30.2 Å². The van der Waals surface area contributed by atoms with Crippen LogP contribution in [-0.2, 0) is 4.79 Å². The third-order valence-corrected chi connectivity index (χ3v) is 4.75. The molecule has 3 aromatic rings. The normalized spacial score (nSPS) is 12.2. The first kappa shape index (κ1) is 21.5. The van der Waals surface area contributed by atoms with Crippen LogP contribution < -0.4 is 10.3 Å².